The maximum Gasteiger partial charge on any atom is 0.307 e. The number of ether oxygens (including phenoxy) is 1. The highest BCUT2D eigenvalue weighted by Crippen LogP contribution is 2.37. The summed E-state index contributed by atoms with van der Waals surface area (Å²) in [5.41, 5.74) is 0.729. The van der Waals surface area contributed by atoms with E-state index in [0.29, 0.717) is 17.4 Å². The Labute approximate surface area is 131 Å². The molecule has 2 atom stereocenters. The van der Waals surface area contributed by atoms with E-state index in [1.165, 1.54) is 7.11 Å². The van der Waals surface area contributed by atoms with Crippen molar-refractivity contribution in [2.75, 3.05) is 19.9 Å². The average molecular weight is 378 g/mol. The maximum atomic E-state index is 11.9. The van der Waals surface area contributed by atoms with E-state index in [-0.39, 0.29) is 16.7 Å². The fourth-order valence-corrected chi connectivity index (χ4v) is 4.09. The summed E-state index contributed by atoms with van der Waals surface area (Å²) in [7, 11) is -2.04. The van der Waals surface area contributed by atoms with Crippen molar-refractivity contribution >= 4 is 31.7 Å². The molecule has 0 bridgehead atoms. The number of carbonyl (C=O) groups is 1. The molecule has 2 N–H and O–H groups in total. The minimum atomic E-state index is -3.45. The Balaban J connectivity index is 2.43. The summed E-state index contributed by atoms with van der Waals surface area (Å²) in [6, 6.07) is 3.12. The Kier molecular flexibility index (Phi) is 4.60. The van der Waals surface area contributed by atoms with Gasteiger partial charge in [-0.2, -0.15) is 0 Å². The van der Waals surface area contributed by atoms with Gasteiger partial charge >= 0.3 is 5.97 Å². The van der Waals surface area contributed by atoms with E-state index in [4.69, 9.17) is 9.84 Å². The Hall–Kier alpha value is -1.12. The highest BCUT2D eigenvalue weighted by atomic mass is 79.9. The van der Waals surface area contributed by atoms with Gasteiger partial charge in [0.2, 0.25) is 0 Å². The molecule has 1 heterocycles. The summed E-state index contributed by atoms with van der Waals surface area (Å²) >= 11 is 3.31. The van der Waals surface area contributed by atoms with Crippen LogP contribution >= 0.6 is 15.9 Å². The van der Waals surface area contributed by atoms with Crippen LogP contribution in [-0.4, -0.2) is 39.4 Å². The third-order valence-electron chi connectivity index (χ3n) is 3.52. The zero-order valence-corrected chi connectivity index (χ0v) is 14.0. The molecule has 2 rings (SSSR count). The van der Waals surface area contributed by atoms with Crippen LogP contribution in [0.4, 0.5) is 0 Å². The smallest absolute Gasteiger partial charge is 0.307 e. The van der Waals surface area contributed by atoms with Crippen LogP contribution in [0, 0.1) is 5.92 Å². The van der Waals surface area contributed by atoms with E-state index in [0.717, 1.165) is 11.8 Å². The van der Waals surface area contributed by atoms with E-state index in [9.17, 15) is 13.2 Å². The van der Waals surface area contributed by atoms with Crippen molar-refractivity contribution in [1.82, 2.24) is 5.32 Å². The number of hydrogen-bond acceptors (Lipinski definition) is 5. The number of methoxy groups -OCH3 is 1. The van der Waals surface area contributed by atoms with E-state index in [1.54, 1.807) is 12.1 Å². The van der Waals surface area contributed by atoms with E-state index in [2.05, 4.69) is 21.2 Å². The lowest BCUT2D eigenvalue weighted by atomic mass is 10.00. The van der Waals surface area contributed by atoms with Crippen molar-refractivity contribution in [2.24, 2.45) is 5.92 Å². The molecule has 0 spiro atoms. The molecule has 0 aliphatic carbocycles. The average Bonchev–Trinajstić information content (AvgIpc) is 2.86. The number of carboxylic acid groups (broad SMARTS) is 1. The van der Waals surface area contributed by atoms with Crippen LogP contribution in [0.1, 0.15) is 18.0 Å². The molecule has 116 valence electrons. The van der Waals surface area contributed by atoms with Gasteiger partial charge in [0.1, 0.15) is 4.90 Å². The van der Waals surface area contributed by atoms with Crippen LogP contribution in [0.3, 0.4) is 0 Å². The quantitative estimate of drug-likeness (QED) is 0.827. The second-order valence-corrected chi connectivity index (χ2v) is 7.88. The van der Waals surface area contributed by atoms with Gasteiger partial charge in [0.25, 0.3) is 0 Å². The molecule has 1 aromatic carbocycles. The molecule has 1 aromatic rings. The van der Waals surface area contributed by atoms with Crippen molar-refractivity contribution in [3.8, 4) is 5.75 Å². The number of hydrogen-bond donors (Lipinski definition) is 2. The lowest BCUT2D eigenvalue weighted by molar-refractivity contribution is -0.141. The zero-order valence-electron chi connectivity index (χ0n) is 11.6. The van der Waals surface area contributed by atoms with Crippen LogP contribution in [0.15, 0.2) is 21.5 Å². The summed E-state index contributed by atoms with van der Waals surface area (Å²) < 4.78 is 29.4. The molecule has 6 nitrogen and oxygen atoms in total. The van der Waals surface area contributed by atoms with Gasteiger partial charge in [0, 0.05) is 18.8 Å². The first kappa shape index (κ1) is 16.3. The van der Waals surface area contributed by atoms with E-state index < -0.39 is 21.7 Å². The predicted molar refractivity (Wildman–Crippen MR) is 80.3 cm³/mol. The topological polar surface area (TPSA) is 92.7 Å². The monoisotopic (exact) mass is 377 g/mol. The van der Waals surface area contributed by atoms with Gasteiger partial charge in [-0.3, -0.25) is 4.79 Å². The molecular formula is C13H16BrNO5S. The highest BCUT2D eigenvalue weighted by Gasteiger charge is 2.31. The van der Waals surface area contributed by atoms with Gasteiger partial charge in [-0.1, -0.05) is 0 Å². The first-order chi connectivity index (χ1) is 9.74. The van der Waals surface area contributed by atoms with Crippen molar-refractivity contribution < 1.29 is 23.1 Å². The van der Waals surface area contributed by atoms with Gasteiger partial charge in [-0.05, 0) is 40.0 Å². The number of carboxylic acids is 1. The second-order valence-electron chi connectivity index (χ2n) is 5.04. The molecular weight excluding hydrogens is 362 g/mol. The minimum Gasteiger partial charge on any atom is -0.494 e. The number of benzene rings is 1. The Morgan fingerprint density at radius 3 is 2.62 bits per heavy atom. The number of nitrogens with one attached hydrogen (secondary N) is 1. The van der Waals surface area contributed by atoms with E-state index >= 15 is 0 Å². The molecule has 2 unspecified atom stereocenters. The number of rotatable bonds is 4. The fraction of sp³-hybridized carbons (Fsp3) is 0.462. The van der Waals surface area contributed by atoms with Crippen molar-refractivity contribution in [2.45, 2.75) is 17.4 Å². The number of aliphatic carboxylic acids is 1. The number of halogens is 1. The van der Waals surface area contributed by atoms with E-state index in [1.807, 2.05) is 0 Å². The van der Waals surface area contributed by atoms with Gasteiger partial charge < -0.3 is 15.2 Å². The molecule has 0 radical (unpaired) electrons. The van der Waals surface area contributed by atoms with Gasteiger partial charge in [0.05, 0.1) is 17.5 Å². The molecule has 0 amide bonds. The fourth-order valence-electron chi connectivity index (χ4n) is 2.44. The Morgan fingerprint density at radius 2 is 2.14 bits per heavy atom. The lowest BCUT2D eigenvalue weighted by Crippen LogP contribution is -2.17. The standard InChI is InChI=1S/C13H16BrNO5S/c1-20-12-9(14)3-7(5-11(12)21(2,18)19)10-4-8(6-15-10)13(16)17/h3,5,8,10,15H,4,6H2,1-2H3,(H,16,17). The predicted octanol–water partition coefficient (Wildman–Crippen LogP) is 1.60. The van der Waals surface area contributed by atoms with Crippen molar-refractivity contribution in [1.29, 1.82) is 0 Å². The first-order valence-corrected chi connectivity index (χ1v) is 8.96. The Morgan fingerprint density at radius 1 is 1.48 bits per heavy atom. The largest absolute Gasteiger partial charge is 0.494 e. The second kappa shape index (κ2) is 5.94. The van der Waals surface area contributed by atoms with Crippen LogP contribution in [0.25, 0.3) is 0 Å². The molecule has 21 heavy (non-hydrogen) atoms. The minimum absolute atomic E-state index is 0.0925. The Bertz CT molecular complexity index is 673. The van der Waals surface area contributed by atoms with Crippen molar-refractivity contribution in [3.05, 3.63) is 22.2 Å². The van der Waals surface area contributed by atoms with Crippen LogP contribution < -0.4 is 10.1 Å². The van der Waals surface area contributed by atoms with Crippen LogP contribution in [-0.2, 0) is 14.6 Å². The molecule has 8 heteroatoms. The third-order valence-corrected chi connectivity index (χ3v) is 5.21. The molecule has 0 aromatic heterocycles. The normalized spacial score (nSPS) is 22.2. The van der Waals surface area contributed by atoms with Gasteiger partial charge in [-0.15, -0.1) is 0 Å². The highest BCUT2D eigenvalue weighted by molar-refractivity contribution is 9.10. The maximum absolute atomic E-state index is 11.9. The summed E-state index contributed by atoms with van der Waals surface area (Å²) in [6.07, 6.45) is 1.54. The number of sulfone groups is 1. The molecule has 1 aliphatic heterocycles. The van der Waals surface area contributed by atoms with Gasteiger partial charge in [-0.25, -0.2) is 8.42 Å². The first-order valence-electron chi connectivity index (χ1n) is 6.27. The molecule has 0 saturated carbocycles. The summed E-state index contributed by atoms with van der Waals surface area (Å²) in [5.74, 6) is -1.05. The molecule has 1 saturated heterocycles. The third kappa shape index (κ3) is 3.38. The molecule has 1 fully saturated rings. The van der Waals surface area contributed by atoms with Crippen molar-refractivity contribution in [3.63, 3.8) is 0 Å². The van der Waals surface area contributed by atoms with Crippen LogP contribution in [0.5, 0.6) is 5.75 Å². The zero-order chi connectivity index (χ0) is 15.8. The molecule has 1 aliphatic rings. The summed E-state index contributed by atoms with van der Waals surface area (Å²) in [6.45, 7) is 0.373. The lowest BCUT2D eigenvalue weighted by Gasteiger charge is -2.16. The summed E-state index contributed by atoms with van der Waals surface area (Å²) in [4.78, 5) is 11.1. The van der Waals surface area contributed by atoms with Gasteiger partial charge in [0.15, 0.2) is 15.6 Å². The SMILES string of the molecule is COc1c(Br)cc(C2CC(C(=O)O)CN2)cc1S(C)(=O)=O. The summed E-state index contributed by atoms with van der Waals surface area (Å²) in [5, 5.41) is 12.1. The van der Waals surface area contributed by atoms with Crippen LogP contribution in [0.2, 0.25) is 0 Å².